The van der Waals surface area contributed by atoms with Gasteiger partial charge in [-0.1, -0.05) is 38.8 Å². The molecule has 1 spiro atoms. The largest absolute Gasteiger partial charge is 0.381 e. The van der Waals surface area contributed by atoms with Crippen molar-refractivity contribution < 1.29 is 9.53 Å². The number of pyridine rings is 1. The molecule has 2 aromatic heterocycles. The Hall–Kier alpha value is -2.73. The predicted molar refractivity (Wildman–Crippen MR) is 143 cm³/mol. The Morgan fingerprint density at radius 1 is 1.14 bits per heavy atom. The van der Waals surface area contributed by atoms with Gasteiger partial charge in [-0.3, -0.25) is 9.78 Å². The molecule has 2 fully saturated rings. The van der Waals surface area contributed by atoms with Crippen molar-refractivity contribution in [1.82, 2.24) is 14.5 Å². The van der Waals surface area contributed by atoms with Crippen LogP contribution in [0.25, 0.3) is 22.3 Å². The van der Waals surface area contributed by atoms with Crippen molar-refractivity contribution in [3.63, 3.8) is 0 Å². The fraction of sp³-hybridized carbons (Fsp3) is 0.567. The Kier molecular flexibility index (Phi) is 5.90. The number of ether oxygens (including phenoxy) is 1. The van der Waals surface area contributed by atoms with Gasteiger partial charge in [0.1, 0.15) is 0 Å². The van der Waals surface area contributed by atoms with Crippen LogP contribution in [-0.4, -0.2) is 39.7 Å². The van der Waals surface area contributed by atoms with Crippen LogP contribution in [0.4, 0.5) is 5.69 Å². The highest BCUT2D eigenvalue weighted by Gasteiger charge is 2.54. The Labute approximate surface area is 214 Å². The summed E-state index contributed by atoms with van der Waals surface area (Å²) in [6, 6.07) is 9.37. The van der Waals surface area contributed by atoms with Crippen molar-refractivity contribution in [2.75, 3.05) is 18.1 Å². The lowest BCUT2D eigenvalue weighted by Gasteiger charge is -2.42. The number of anilines is 1. The van der Waals surface area contributed by atoms with Gasteiger partial charge in [0.15, 0.2) is 0 Å². The molecule has 3 aromatic rings. The first-order valence-corrected chi connectivity index (χ1v) is 13.9. The summed E-state index contributed by atoms with van der Waals surface area (Å²) in [7, 11) is 0. The molecular weight excluding hydrogens is 448 g/mol. The van der Waals surface area contributed by atoms with Gasteiger partial charge < -0.3 is 14.2 Å². The second-order valence-electron chi connectivity index (χ2n) is 11.3. The maximum Gasteiger partial charge on any atom is 0.238 e. The summed E-state index contributed by atoms with van der Waals surface area (Å²) >= 11 is 0. The van der Waals surface area contributed by atoms with E-state index in [-0.39, 0.29) is 0 Å². The first-order chi connectivity index (χ1) is 17.5. The lowest BCUT2D eigenvalue weighted by atomic mass is 9.74. The lowest BCUT2D eigenvalue weighted by molar-refractivity contribution is -0.127. The van der Waals surface area contributed by atoms with Crippen molar-refractivity contribution in [3.05, 3.63) is 41.9 Å². The number of benzene rings is 1. The third-order valence-corrected chi connectivity index (χ3v) is 8.83. The van der Waals surface area contributed by atoms with E-state index < -0.39 is 5.41 Å². The van der Waals surface area contributed by atoms with E-state index >= 15 is 0 Å². The molecule has 1 aliphatic carbocycles. The Morgan fingerprint density at radius 3 is 2.61 bits per heavy atom. The molecule has 3 aliphatic rings. The number of amides is 1. The Morgan fingerprint density at radius 2 is 1.92 bits per heavy atom. The minimum Gasteiger partial charge on any atom is -0.381 e. The zero-order valence-electron chi connectivity index (χ0n) is 22.1. The van der Waals surface area contributed by atoms with Crippen LogP contribution >= 0.6 is 0 Å². The van der Waals surface area contributed by atoms with Crippen LogP contribution in [0.15, 0.2) is 30.6 Å². The van der Waals surface area contributed by atoms with Crippen LogP contribution in [0, 0.1) is 5.92 Å². The van der Waals surface area contributed by atoms with Crippen LogP contribution in [0.2, 0.25) is 0 Å². The predicted octanol–water partition coefficient (Wildman–Crippen LogP) is 6.22. The highest BCUT2D eigenvalue weighted by atomic mass is 16.5. The van der Waals surface area contributed by atoms with Crippen LogP contribution in [0.5, 0.6) is 0 Å². The Bertz CT molecular complexity index is 1300. The highest BCUT2D eigenvalue weighted by molar-refractivity contribution is 6.09. The van der Waals surface area contributed by atoms with E-state index in [1.54, 1.807) is 0 Å². The number of hydrogen-bond acceptors (Lipinski definition) is 4. The van der Waals surface area contributed by atoms with Gasteiger partial charge in [0.25, 0.3) is 0 Å². The molecule has 1 aromatic carbocycles. The second kappa shape index (κ2) is 8.98. The second-order valence-corrected chi connectivity index (χ2v) is 11.3. The molecule has 0 N–H and O–H groups in total. The van der Waals surface area contributed by atoms with E-state index in [0.717, 1.165) is 71.7 Å². The van der Waals surface area contributed by atoms with Gasteiger partial charge in [-0.15, -0.1) is 0 Å². The zero-order chi connectivity index (χ0) is 25.0. The minimum absolute atomic E-state index is 0.297. The summed E-state index contributed by atoms with van der Waals surface area (Å²) in [6.45, 7) is 10.1. The monoisotopic (exact) mass is 486 g/mol. The number of imidazole rings is 1. The van der Waals surface area contributed by atoms with Crippen molar-refractivity contribution in [1.29, 1.82) is 0 Å². The maximum atomic E-state index is 14.1. The Balaban J connectivity index is 1.44. The van der Waals surface area contributed by atoms with Crippen LogP contribution in [0.3, 0.4) is 0 Å². The van der Waals surface area contributed by atoms with Crippen molar-refractivity contribution >= 4 is 22.6 Å². The molecule has 6 heteroatoms. The number of fused-ring (bicyclic) bond motifs is 3. The van der Waals surface area contributed by atoms with Crippen LogP contribution in [0.1, 0.15) is 83.5 Å². The van der Waals surface area contributed by atoms with Gasteiger partial charge in [0.05, 0.1) is 34.2 Å². The molecule has 0 unspecified atom stereocenters. The number of aromatic nitrogens is 3. The topological polar surface area (TPSA) is 60.3 Å². The van der Waals surface area contributed by atoms with E-state index in [4.69, 9.17) is 14.7 Å². The molecule has 6 nitrogen and oxygen atoms in total. The van der Waals surface area contributed by atoms with E-state index in [2.05, 4.69) is 61.4 Å². The molecule has 1 saturated heterocycles. The smallest absolute Gasteiger partial charge is 0.238 e. The fourth-order valence-corrected chi connectivity index (χ4v) is 6.80. The molecule has 0 atom stereocenters. The molecular formula is C30H38N4O2. The average molecular weight is 487 g/mol. The summed E-state index contributed by atoms with van der Waals surface area (Å²) in [4.78, 5) is 26.1. The molecule has 0 radical (unpaired) electrons. The van der Waals surface area contributed by atoms with E-state index in [1.165, 1.54) is 18.4 Å². The van der Waals surface area contributed by atoms with Crippen molar-refractivity contribution in [2.45, 2.75) is 90.1 Å². The zero-order valence-corrected chi connectivity index (χ0v) is 22.1. The number of hydrogen-bond donors (Lipinski definition) is 0. The first-order valence-electron chi connectivity index (χ1n) is 13.9. The van der Waals surface area contributed by atoms with Crippen LogP contribution < -0.4 is 4.90 Å². The molecule has 36 heavy (non-hydrogen) atoms. The van der Waals surface area contributed by atoms with Crippen LogP contribution in [-0.2, 0) is 21.4 Å². The fourth-order valence-electron chi connectivity index (χ4n) is 6.80. The molecule has 6 rings (SSSR count). The molecule has 2 aliphatic heterocycles. The third-order valence-electron chi connectivity index (χ3n) is 8.83. The van der Waals surface area contributed by atoms with Gasteiger partial charge in [-0.25, -0.2) is 4.98 Å². The van der Waals surface area contributed by atoms with E-state index in [9.17, 15) is 4.79 Å². The normalized spacial score (nSPS) is 23.0. The van der Waals surface area contributed by atoms with E-state index in [1.807, 2.05) is 6.33 Å². The minimum atomic E-state index is -0.427. The number of aryl methyl sites for hydroxylation is 1. The maximum absolute atomic E-state index is 14.1. The summed E-state index contributed by atoms with van der Waals surface area (Å²) in [5.74, 6) is 1.05. The summed E-state index contributed by atoms with van der Waals surface area (Å²) < 4.78 is 7.91. The highest BCUT2D eigenvalue weighted by Crippen LogP contribution is 2.52. The summed E-state index contributed by atoms with van der Waals surface area (Å²) in [6.07, 6.45) is 9.04. The number of carbonyl (C=O) groups excluding carboxylic acids is 1. The van der Waals surface area contributed by atoms with E-state index in [0.29, 0.717) is 31.2 Å². The SMILES string of the molecule is CCCC1CC(N2C(=O)C3(CCOCC3)c3ccc(-c4cc5ncn(C(C)C)c5c(CC)n4)cc32)C1. The average Bonchev–Trinajstić information content (AvgIpc) is 3.39. The summed E-state index contributed by atoms with van der Waals surface area (Å²) in [5, 5.41) is 0. The molecule has 1 amide bonds. The number of nitrogens with zero attached hydrogens (tertiary/aromatic N) is 4. The molecule has 1 saturated carbocycles. The molecule has 4 heterocycles. The lowest BCUT2D eigenvalue weighted by Crippen LogP contribution is -2.51. The standard InChI is InChI=1S/C30H38N4O2/c1-5-7-20-14-22(15-20)34-27-16-21(8-9-23(27)30(29(34)35)10-12-36-13-11-30)25-17-26-28(24(6-2)32-25)33(18-31-26)19(3)4/h8-9,16-20,22H,5-7,10-15H2,1-4H3. The number of carbonyl (C=O) groups is 1. The molecule has 0 bridgehead atoms. The van der Waals surface area contributed by atoms with Crippen molar-refractivity contribution in [3.8, 4) is 11.3 Å². The van der Waals surface area contributed by atoms with Gasteiger partial charge in [-0.05, 0) is 69.6 Å². The quantitative estimate of drug-likeness (QED) is 0.415. The van der Waals surface area contributed by atoms with Gasteiger partial charge in [-0.2, -0.15) is 0 Å². The van der Waals surface area contributed by atoms with Gasteiger partial charge >= 0.3 is 0 Å². The summed E-state index contributed by atoms with van der Waals surface area (Å²) in [5.41, 5.74) is 7.07. The first kappa shape index (κ1) is 23.7. The third kappa shape index (κ3) is 3.52. The van der Waals surface area contributed by atoms with Gasteiger partial charge in [0.2, 0.25) is 5.91 Å². The molecule has 190 valence electrons. The van der Waals surface area contributed by atoms with Crippen molar-refractivity contribution in [2.24, 2.45) is 5.92 Å². The number of rotatable bonds is 6. The van der Waals surface area contributed by atoms with Gasteiger partial charge in [0, 0.05) is 36.5 Å².